The third kappa shape index (κ3) is 4.43. The standard InChI is InChI=1S/C20H17ClN4O2/c1-2-4-14-5-3-6-15(19(14)26)12-22-25-20(27)18-11-17(23-24-18)13-7-9-16(21)10-8-13/h2-3,5-12,26H,1,4H2,(H,23,24)(H,25,27)/b22-12-. The van der Waals surface area contributed by atoms with E-state index < -0.39 is 5.91 Å². The summed E-state index contributed by atoms with van der Waals surface area (Å²) in [6.45, 7) is 3.66. The molecule has 0 atom stereocenters. The lowest BCUT2D eigenvalue weighted by molar-refractivity contribution is 0.0950. The number of phenols is 1. The number of para-hydroxylation sites is 1. The number of H-pyrrole nitrogens is 1. The summed E-state index contributed by atoms with van der Waals surface area (Å²) in [5, 5.41) is 21.5. The second-order valence-corrected chi connectivity index (χ2v) is 6.16. The number of carbonyl (C=O) groups is 1. The number of carbonyl (C=O) groups excluding carboxylic acids is 1. The van der Waals surface area contributed by atoms with Gasteiger partial charge in [0.15, 0.2) is 0 Å². The molecule has 0 radical (unpaired) electrons. The number of nitrogens with zero attached hydrogens (tertiary/aromatic N) is 2. The van der Waals surface area contributed by atoms with Crippen LogP contribution in [0.25, 0.3) is 11.3 Å². The summed E-state index contributed by atoms with van der Waals surface area (Å²) >= 11 is 5.87. The van der Waals surface area contributed by atoms with E-state index in [1.807, 2.05) is 12.1 Å². The largest absolute Gasteiger partial charge is 0.507 e. The maximum absolute atomic E-state index is 12.2. The molecule has 1 aromatic heterocycles. The fraction of sp³-hybridized carbons (Fsp3) is 0.0500. The first-order valence-corrected chi connectivity index (χ1v) is 8.53. The number of allylic oxidation sites excluding steroid dienone is 1. The third-order valence-electron chi connectivity index (χ3n) is 3.85. The molecule has 3 aromatic rings. The lowest BCUT2D eigenvalue weighted by atomic mass is 10.1. The number of aromatic nitrogens is 2. The molecule has 0 aliphatic heterocycles. The summed E-state index contributed by atoms with van der Waals surface area (Å²) in [4.78, 5) is 12.2. The number of hydrogen-bond donors (Lipinski definition) is 3. The quantitative estimate of drug-likeness (QED) is 0.344. The fourth-order valence-electron chi connectivity index (χ4n) is 2.46. The smallest absolute Gasteiger partial charge is 0.289 e. The van der Waals surface area contributed by atoms with Gasteiger partial charge >= 0.3 is 0 Å². The van der Waals surface area contributed by atoms with Gasteiger partial charge in [-0.1, -0.05) is 41.9 Å². The molecule has 3 N–H and O–H groups in total. The predicted octanol–water partition coefficient (Wildman–Crippen LogP) is 3.93. The van der Waals surface area contributed by atoms with Gasteiger partial charge < -0.3 is 5.11 Å². The fourth-order valence-corrected chi connectivity index (χ4v) is 2.59. The molecule has 0 aliphatic carbocycles. The predicted molar refractivity (Wildman–Crippen MR) is 106 cm³/mol. The molecule has 3 rings (SSSR count). The highest BCUT2D eigenvalue weighted by Crippen LogP contribution is 2.22. The number of amides is 1. The number of benzene rings is 2. The van der Waals surface area contributed by atoms with Crippen LogP contribution in [0.15, 0.2) is 66.3 Å². The van der Waals surface area contributed by atoms with Crippen molar-refractivity contribution < 1.29 is 9.90 Å². The van der Waals surface area contributed by atoms with Crippen LogP contribution >= 0.6 is 11.6 Å². The molecule has 0 saturated carbocycles. The average molecular weight is 381 g/mol. The zero-order chi connectivity index (χ0) is 19.2. The number of halogens is 1. The highest BCUT2D eigenvalue weighted by Gasteiger charge is 2.10. The van der Waals surface area contributed by atoms with E-state index in [2.05, 4.69) is 27.3 Å². The van der Waals surface area contributed by atoms with Crippen molar-refractivity contribution in [1.82, 2.24) is 15.6 Å². The van der Waals surface area contributed by atoms with Gasteiger partial charge in [0, 0.05) is 16.1 Å². The first-order valence-electron chi connectivity index (χ1n) is 8.15. The first-order chi connectivity index (χ1) is 13.1. The lowest BCUT2D eigenvalue weighted by Gasteiger charge is -2.04. The third-order valence-corrected chi connectivity index (χ3v) is 4.10. The minimum Gasteiger partial charge on any atom is -0.507 e. The molecular formula is C20H17ClN4O2. The molecule has 6 nitrogen and oxygen atoms in total. The average Bonchev–Trinajstić information content (AvgIpc) is 3.15. The van der Waals surface area contributed by atoms with Crippen molar-refractivity contribution in [1.29, 1.82) is 0 Å². The van der Waals surface area contributed by atoms with E-state index in [1.54, 1.807) is 42.5 Å². The van der Waals surface area contributed by atoms with Crippen LogP contribution in [-0.4, -0.2) is 27.4 Å². The second kappa shape index (κ2) is 8.33. The van der Waals surface area contributed by atoms with Crippen molar-refractivity contribution in [3.63, 3.8) is 0 Å². The molecule has 1 heterocycles. The zero-order valence-corrected chi connectivity index (χ0v) is 15.1. The van der Waals surface area contributed by atoms with Crippen LogP contribution in [0.4, 0.5) is 0 Å². The Morgan fingerprint density at radius 3 is 2.81 bits per heavy atom. The molecular weight excluding hydrogens is 364 g/mol. The van der Waals surface area contributed by atoms with Crippen molar-refractivity contribution >= 4 is 23.7 Å². The molecule has 0 bridgehead atoms. The van der Waals surface area contributed by atoms with Gasteiger partial charge in [-0.05, 0) is 36.2 Å². The Labute approximate surface area is 161 Å². The monoisotopic (exact) mass is 380 g/mol. The van der Waals surface area contributed by atoms with Crippen LogP contribution in [-0.2, 0) is 6.42 Å². The SMILES string of the molecule is C=CCc1cccc(/C=N\NC(=O)c2cc(-c3ccc(Cl)cc3)n[nH]2)c1O. The normalized spacial score (nSPS) is 10.9. The van der Waals surface area contributed by atoms with Crippen molar-refractivity contribution in [3.05, 3.63) is 83.0 Å². The van der Waals surface area contributed by atoms with Gasteiger partial charge in [0.25, 0.3) is 5.91 Å². The van der Waals surface area contributed by atoms with Crippen molar-refractivity contribution in [2.24, 2.45) is 5.10 Å². The number of hydrogen-bond acceptors (Lipinski definition) is 4. The topological polar surface area (TPSA) is 90.4 Å². The van der Waals surface area contributed by atoms with Gasteiger partial charge in [0.05, 0.1) is 11.9 Å². The Kier molecular flexibility index (Phi) is 5.68. The second-order valence-electron chi connectivity index (χ2n) is 5.72. The summed E-state index contributed by atoms with van der Waals surface area (Å²) in [6.07, 6.45) is 3.63. The number of aromatic hydroxyl groups is 1. The maximum Gasteiger partial charge on any atom is 0.289 e. The van der Waals surface area contributed by atoms with Crippen molar-refractivity contribution in [3.8, 4) is 17.0 Å². The highest BCUT2D eigenvalue weighted by atomic mass is 35.5. The molecule has 0 fully saturated rings. The van der Waals surface area contributed by atoms with E-state index in [0.717, 1.165) is 11.1 Å². The summed E-state index contributed by atoms with van der Waals surface area (Å²) in [6, 6.07) is 14.1. The van der Waals surface area contributed by atoms with Crippen molar-refractivity contribution in [2.75, 3.05) is 0 Å². The Hall–Kier alpha value is -3.38. The minimum absolute atomic E-state index is 0.113. The van der Waals surface area contributed by atoms with E-state index in [-0.39, 0.29) is 11.4 Å². The van der Waals surface area contributed by atoms with Crippen LogP contribution in [0, 0.1) is 0 Å². The molecule has 0 saturated heterocycles. The molecule has 27 heavy (non-hydrogen) atoms. The van der Waals surface area contributed by atoms with Crippen LogP contribution in [0.2, 0.25) is 5.02 Å². The molecule has 136 valence electrons. The molecule has 7 heteroatoms. The summed E-state index contributed by atoms with van der Waals surface area (Å²) in [5.41, 5.74) is 5.37. The van der Waals surface area contributed by atoms with Crippen LogP contribution in [0.5, 0.6) is 5.75 Å². The first kappa shape index (κ1) is 18.4. The van der Waals surface area contributed by atoms with Crippen LogP contribution in [0.3, 0.4) is 0 Å². The Morgan fingerprint density at radius 2 is 2.07 bits per heavy atom. The van der Waals surface area contributed by atoms with E-state index in [9.17, 15) is 9.90 Å². The maximum atomic E-state index is 12.2. The molecule has 0 aliphatic rings. The Bertz CT molecular complexity index is 993. The van der Waals surface area contributed by atoms with E-state index in [1.165, 1.54) is 6.21 Å². The van der Waals surface area contributed by atoms with Gasteiger partial charge in [-0.3, -0.25) is 9.89 Å². The Morgan fingerprint density at radius 1 is 1.30 bits per heavy atom. The number of rotatable bonds is 6. The van der Waals surface area contributed by atoms with Gasteiger partial charge in [0.2, 0.25) is 0 Å². The van der Waals surface area contributed by atoms with Crippen LogP contribution in [0.1, 0.15) is 21.6 Å². The van der Waals surface area contributed by atoms with Gasteiger partial charge in [0.1, 0.15) is 11.4 Å². The van der Waals surface area contributed by atoms with E-state index >= 15 is 0 Å². The number of hydrazone groups is 1. The summed E-state index contributed by atoms with van der Waals surface area (Å²) in [5.74, 6) is -0.331. The van der Waals surface area contributed by atoms with Gasteiger partial charge in [-0.25, -0.2) is 5.43 Å². The molecule has 0 unspecified atom stereocenters. The molecule has 1 amide bonds. The summed E-state index contributed by atoms with van der Waals surface area (Å²) in [7, 11) is 0. The number of aromatic amines is 1. The number of phenolic OH excluding ortho intramolecular Hbond substituents is 1. The number of nitrogens with one attached hydrogen (secondary N) is 2. The van der Waals surface area contributed by atoms with Gasteiger partial charge in [-0.2, -0.15) is 10.2 Å². The van der Waals surface area contributed by atoms with Gasteiger partial charge in [-0.15, -0.1) is 6.58 Å². The highest BCUT2D eigenvalue weighted by molar-refractivity contribution is 6.30. The van der Waals surface area contributed by atoms with Crippen molar-refractivity contribution in [2.45, 2.75) is 6.42 Å². The summed E-state index contributed by atoms with van der Waals surface area (Å²) < 4.78 is 0. The van der Waals surface area contributed by atoms with E-state index in [4.69, 9.17) is 11.6 Å². The lowest BCUT2D eigenvalue weighted by Crippen LogP contribution is -2.18. The van der Waals surface area contributed by atoms with E-state index in [0.29, 0.717) is 22.7 Å². The minimum atomic E-state index is -0.444. The Balaban J connectivity index is 1.68. The molecule has 0 spiro atoms. The molecule has 2 aromatic carbocycles. The van der Waals surface area contributed by atoms with Crippen LogP contribution < -0.4 is 5.43 Å². The zero-order valence-electron chi connectivity index (χ0n) is 14.3.